The van der Waals surface area contributed by atoms with Gasteiger partial charge in [-0.15, -0.1) is 23.2 Å². The molecule has 1 saturated carbocycles. The molecule has 3 heterocycles. The smallest absolute Gasteiger partial charge is 0.258 e. The summed E-state index contributed by atoms with van der Waals surface area (Å²) < 4.78 is 19.3. The molecule has 1 N–H and O–H groups in total. The number of alkyl halides is 2. The lowest BCUT2D eigenvalue weighted by molar-refractivity contribution is -0.125. The fourth-order valence-corrected chi connectivity index (χ4v) is 9.47. The molecule has 0 bridgehead atoms. The molecule has 8 rings (SSSR count). The van der Waals surface area contributed by atoms with Crippen LogP contribution in [0.4, 0.5) is 21.5 Å². The van der Waals surface area contributed by atoms with E-state index in [1.54, 1.807) is 37.3 Å². The average molecular weight is 705 g/mol. The van der Waals surface area contributed by atoms with Gasteiger partial charge < -0.3 is 14.7 Å². The number of ether oxygens (including phenoxy) is 1. The largest absolute Gasteiger partial charge is 0.507 e. The van der Waals surface area contributed by atoms with Gasteiger partial charge in [0.25, 0.3) is 11.8 Å². The van der Waals surface area contributed by atoms with Crippen LogP contribution in [0.3, 0.4) is 0 Å². The van der Waals surface area contributed by atoms with Crippen molar-refractivity contribution >= 4 is 63.9 Å². The van der Waals surface area contributed by atoms with Crippen molar-refractivity contribution in [3.63, 3.8) is 0 Å². The van der Waals surface area contributed by atoms with E-state index >= 15 is 0 Å². The summed E-state index contributed by atoms with van der Waals surface area (Å²) in [5.74, 6) is -6.59. The van der Waals surface area contributed by atoms with E-state index < -0.39 is 57.0 Å². The molecular weight excluding hydrogens is 672 g/mol. The number of rotatable bonds is 4. The zero-order chi connectivity index (χ0) is 34.4. The number of halogens is 3. The Morgan fingerprint density at radius 1 is 0.816 bits per heavy atom. The number of hydrogen-bond donors (Lipinski definition) is 1. The van der Waals surface area contributed by atoms with E-state index in [4.69, 9.17) is 27.9 Å². The van der Waals surface area contributed by atoms with Crippen LogP contribution in [0, 0.1) is 30.5 Å². The number of aromatic hydroxyl groups is 1. The number of benzene rings is 3. The molecule has 0 radical (unpaired) electrons. The number of morpholine rings is 1. The van der Waals surface area contributed by atoms with Gasteiger partial charge in [-0.2, -0.15) is 0 Å². The van der Waals surface area contributed by atoms with Crippen LogP contribution in [0.5, 0.6) is 5.75 Å². The molecule has 0 aromatic heterocycles. The second kappa shape index (κ2) is 11.4. The van der Waals surface area contributed by atoms with Gasteiger partial charge in [-0.25, -0.2) is 9.29 Å². The molecule has 3 aromatic carbocycles. The van der Waals surface area contributed by atoms with E-state index in [2.05, 4.69) is 4.90 Å². The monoisotopic (exact) mass is 703 g/mol. The highest BCUT2D eigenvalue weighted by Gasteiger charge is 2.77. The number of phenols is 1. The molecule has 49 heavy (non-hydrogen) atoms. The molecule has 3 aliphatic heterocycles. The van der Waals surface area contributed by atoms with Gasteiger partial charge in [-0.05, 0) is 79.8 Å². The van der Waals surface area contributed by atoms with E-state index in [1.165, 1.54) is 17.0 Å². The fraction of sp³-hybridized carbons (Fsp3) is 0.351. The van der Waals surface area contributed by atoms with E-state index in [1.807, 2.05) is 18.2 Å². The van der Waals surface area contributed by atoms with E-state index in [0.717, 1.165) is 35.8 Å². The zero-order valence-corrected chi connectivity index (χ0v) is 28.0. The third-order valence-corrected chi connectivity index (χ3v) is 12.4. The second-order valence-corrected chi connectivity index (χ2v) is 14.6. The molecule has 12 heteroatoms. The fourth-order valence-electron chi connectivity index (χ4n) is 8.55. The molecule has 9 nitrogen and oxygen atoms in total. The molecule has 252 valence electrons. The topological polar surface area (TPSA) is 107 Å². The lowest BCUT2D eigenvalue weighted by Gasteiger charge is -2.50. The van der Waals surface area contributed by atoms with Crippen LogP contribution in [0.2, 0.25) is 0 Å². The quantitative estimate of drug-likeness (QED) is 0.219. The summed E-state index contributed by atoms with van der Waals surface area (Å²) >= 11 is 14.8. The first-order chi connectivity index (χ1) is 23.5. The van der Waals surface area contributed by atoms with Crippen LogP contribution < -0.4 is 14.7 Å². The highest BCUT2D eigenvalue weighted by Crippen LogP contribution is 2.66. The number of carbonyl (C=O) groups is 4. The van der Waals surface area contributed by atoms with Crippen molar-refractivity contribution in [2.24, 2.45) is 17.8 Å². The van der Waals surface area contributed by atoms with E-state index in [9.17, 15) is 28.7 Å². The van der Waals surface area contributed by atoms with Gasteiger partial charge in [0.2, 0.25) is 11.8 Å². The van der Waals surface area contributed by atoms with E-state index in [-0.39, 0.29) is 35.7 Å². The summed E-state index contributed by atoms with van der Waals surface area (Å²) in [7, 11) is 0. The lowest BCUT2D eigenvalue weighted by Crippen LogP contribution is -2.60. The number of allylic oxidation sites excluding steroid dienone is 2. The van der Waals surface area contributed by atoms with Gasteiger partial charge in [-0.3, -0.25) is 24.1 Å². The predicted octanol–water partition coefficient (Wildman–Crippen LogP) is 5.44. The van der Waals surface area contributed by atoms with Crippen LogP contribution in [0.1, 0.15) is 29.9 Å². The van der Waals surface area contributed by atoms with Crippen LogP contribution in [0.15, 0.2) is 78.4 Å². The number of phenolic OH excluding ortho intramolecular Hbond substituents is 1. The predicted molar refractivity (Wildman–Crippen MR) is 181 cm³/mol. The average Bonchev–Trinajstić information content (AvgIpc) is 3.45. The van der Waals surface area contributed by atoms with Gasteiger partial charge in [0.1, 0.15) is 11.6 Å². The maximum atomic E-state index is 14.5. The summed E-state index contributed by atoms with van der Waals surface area (Å²) in [6, 6.07) is 17.2. The van der Waals surface area contributed by atoms with Crippen molar-refractivity contribution in [2.45, 2.75) is 35.4 Å². The summed E-state index contributed by atoms with van der Waals surface area (Å²) in [4.78, 5) is 57.4. The van der Waals surface area contributed by atoms with Gasteiger partial charge in [0.15, 0.2) is 9.75 Å². The van der Waals surface area contributed by atoms with Crippen LogP contribution >= 0.6 is 23.2 Å². The molecular formula is C37H32Cl2FN3O6. The summed E-state index contributed by atoms with van der Waals surface area (Å²) in [6.07, 6.45) is 1.81. The van der Waals surface area contributed by atoms with Crippen molar-refractivity contribution in [1.29, 1.82) is 0 Å². The molecule has 6 atom stereocenters. The third-order valence-electron chi connectivity index (χ3n) is 11.0. The Morgan fingerprint density at radius 3 is 2.14 bits per heavy atom. The van der Waals surface area contributed by atoms with Crippen molar-refractivity contribution in [3.8, 4) is 5.75 Å². The van der Waals surface area contributed by atoms with Crippen LogP contribution in [0.25, 0.3) is 0 Å². The van der Waals surface area contributed by atoms with Gasteiger partial charge in [-0.1, -0.05) is 29.8 Å². The second-order valence-electron chi connectivity index (χ2n) is 13.4. The Bertz CT molecular complexity index is 1950. The van der Waals surface area contributed by atoms with Crippen molar-refractivity contribution in [3.05, 3.63) is 95.3 Å². The maximum absolute atomic E-state index is 14.5. The molecule has 0 spiro atoms. The first-order valence-corrected chi connectivity index (χ1v) is 17.0. The number of fused-ring (bicyclic) bond motifs is 4. The number of imide groups is 2. The van der Waals surface area contributed by atoms with E-state index in [0.29, 0.717) is 30.0 Å². The third kappa shape index (κ3) is 4.46. The minimum absolute atomic E-state index is 0.0896. The summed E-state index contributed by atoms with van der Waals surface area (Å²) in [6.45, 7) is 4.41. The van der Waals surface area contributed by atoms with Gasteiger partial charge in [0, 0.05) is 30.3 Å². The highest BCUT2D eigenvalue weighted by atomic mass is 35.5. The first kappa shape index (κ1) is 32.0. The number of aryl methyl sites for hydroxylation is 1. The maximum Gasteiger partial charge on any atom is 0.258 e. The number of anilines is 3. The first-order valence-electron chi connectivity index (χ1n) is 16.3. The standard InChI is InChI=1S/C37H32Cl2FN3O6/c1-20-3-2-4-27(31(20)44)30-25-13-14-26-29(33(46)42(32(26)45)23-11-9-22(10-12-23)41-15-17-49-18-16-41)28(25)19-36(38)34(47)43(35(48)37(30,36)39)24-7-5-21(40)6-8-24/h2-13,26,28-30,44H,14-19H2,1H3/t26-,28+,29-,30+,36+,37-/m0/s1. The summed E-state index contributed by atoms with van der Waals surface area (Å²) in [5, 5.41) is 11.4. The normalized spacial score (nSPS) is 31.1. The van der Waals surface area contributed by atoms with Crippen LogP contribution in [-0.4, -0.2) is 64.8 Å². The zero-order valence-electron chi connectivity index (χ0n) is 26.4. The molecule has 4 fully saturated rings. The summed E-state index contributed by atoms with van der Waals surface area (Å²) in [5.41, 5.74) is 2.85. The Labute approximate surface area is 291 Å². The highest BCUT2D eigenvalue weighted by molar-refractivity contribution is 6.58. The van der Waals surface area contributed by atoms with Gasteiger partial charge in [0.05, 0.1) is 36.4 Å². The minimum atomic E-state index is -2.12. The number of hydrogen-bond acceptors (Lipinski definition) is 7. The Morgan fingerprint density at radius 2 is 1.45 bits per heavy atom. The SMILES string of the molecule is Cc1cccc([C@H]2C3=CC[C@@H]4C(=O)N(c5ccc(N6CCOCC6)cc5)C(=O)[C@@H]4[C@@H]3C[C@@]3(Cl)C(=O)N(c4ccc(F)cc4)C(=O)[C@@]23Cl)c1O. The van der Waals surface area contributed by atoms with Crippen molar-refractivity contribution < 1.29 is 33.4 Å². The molecule has 3 saturated heterocycles. The molecule has 3 aromatic rings. The lowest BCUT2D eigenvalue weighted by atomic mass is 9.56. The van der Waals surface area contributed by atoms with Crippen LogP contribution in [-0.2, 0) is 23.9 Å². The number of carbonyl (C=O) groups excluding carboxylic acids is 4. The number of amides is 4. The van der Waals surface area contributed by atoms with Crippen molar-refractivity contribution in [2.75, 3.05) is 41.0 Å². The minimum Gasteiger partial charge on any atom is -0.507 e. The van der Waals surface area contributed by atoms with Crippen molar-refractivity contribution in [1.82, 2.24) is 0 Å². The van der Waals surface area contributed by atoms with Gasteiger partial charge >= 0.3 is 0 Å². The molecule has 2 aliphatic carbocycles. The molecule has 0 unspecified atom stereocenters. The Balaban J connectivity index is 1.22. The molecule has 4 amide bonds. The number of para-hydroxylation sites is 1. The Hall–Kier alpha value is -4.25. The Kier molecular flexibility index (Phi) is 7.44. The molecule has 5 aliphatic rings. The number of nitrogens with zero attached hydrogens (tertiary/aromatic N) is 3.